The maximum atomic E-state index is 12.7. The van der Waals surface area contributed by atoms with Gasteiger partial charge in [0, 0.05) is 17.9 Å². The number of anilines is 1. The second kappa shape index (κ2) is 9.37. The molecule has 31 heavy (non-hydrogen) atoms. The fourth-order valence-electron chi connectivity index (χ4n) is 3.68. The Morgan fingerprint density at radius 3 is 2.90 bits per heavy atom. The minimum Gasteiger partial charge on any atom is -0.376 e. The van der Waals surface area contributed by atoms with E-state index < -0.39 is 0 Å². The Morgan fingerprint density at radius 1 is 1.39 bits per heavy atom. The molecule has 9 heteroatoms. The van der Waals surface area contributed by atoms with Crippen molar-refractivity contribution < 1.29 is 9.53 Å². The monoisotopic (exact) mass is 436 g/mol. The Morgan fingerprint density at radius 2 is 2.19 bits per heavy atom. The number of ether oxygens (including phenoxy) is 1. The summed E-state index contributed by atoms with van der Waals surface area (Å²) < 4.78 is 7.75. The van der Waals surface area contributed by atoms with Crippen molar-refractivity contribution in [2.75, 3.05) is 17.7 Å². The second-order valence-corrected chi connectivity index (χ2v) is 8.40. The third-order valence-electron chi connectivity index (χ3n) is 5.45. The van der Waals surface area contributed by atoms with Crippen molar-refractivity contribution >= 4 is 23.5 Å². The van der Waals surface area contributed by atoms with Crippen molar-refractivity contribution in [3.05, 3.63) is 47.2 Å². The molecular weight excluding hydrogens is 412 g/mol. The van der Waals surface area contributed by atoms with Crippen LogP contribution in [0.1, 0.15) is 29.7 Å². The molecule has 0 saturated carbocycles. The highest BCUT2D eigenvalue weighted by atomic mass is 32.2. The van der Waals surface area contributed by atoms with E-state index in [4.69, 9.17) is 4.74 Å². The van der Waals surface area contributed by atoms with Gasteiger partial charge in [0.05, 0.1) is 24.0 Å². The molecule has 3 aromatic rings. The summed E-state index contributed by atoms with van der Waals surface area (Å²) in [6.45, 7) is 5.25. The Hall–Kier alpha value is -3.09. The van der Waals surface area contributed by atoms with Crippen molar-refractivity contribution in [1.29, 1.82) is 5.26 Å². The number of nitrogens with zero attached hydrogens (tertiary/aromatic N) is 4. The van der Waals surface area contributed by atoms with E-state index >= 15 is 0 Å². The molecule has 0 bridgehead atoms. The van der Waals surface area contributed by atoms with E-state index in [2.05, 4.69) is 26.6 Å². The lowest BCUT2D eigenvalue weighted by molar-refractivity contribution is -0.113. The highest BCUT2D eigenvalue weighted by Crippen LogP contribution is 2.29. The molecule has 8 nitrogen and oxygen atoms in total. The first-order valence-electron chi connectivity index (χ1n) is 10.2. The Balaban J connectivity index is 1.44. The molecule has 1 amide bonds. The van der Waals surface area contributed by atoms with Gasteiger partial charge < -0.3 is 14.6 Å². The Labute approximate surface area is 185 Å². The van der Waals surface area contributed by atoms with Crippen LogP contribution in [0.25, 0.3) is 11.4 Å². The number of hydrogen-bond donors (Lipinski definition) is 2. The minimum absolute atomic E-state index is 0.103. The molecule has 1 fully saturated rings. The SMILES string of the molecule is Cc1c(C#N)c(NC(=O)CSc2n[nH]c(-c3ccccc3)n2)n(C[C@H]2CCCO2)c1C. The van der Waals surface area contributed by atoms with E-state index in [9.17, 15) is 10.1 Å². The third kappa shape index (κ3) is 4.65. The highest BCUT2D eigenvalue weighted by Gasteiger charge is 2.24. The molecule has 2 N–H and O–H groups in total. The maximum Gasteiger partial charge on any atom is 0.235 e. The van der Waals surface area contributed by atoms with Crippen LogP contribution in [-0.2, 0) is 16.1 Å². The lowest BCUT2D eigenvalue weighted by Crippen LogP contribution is -2.22. The molecular formula is C22H24N6O2S. The van der Waals surface area contributed by atoms with Crippen LogP contribution in [0.4, 0.5) is 5.82 Å². The summed E-state index contributed by atoms with van der Waals surface area (Å²) in [5, 5.41) is 20.2. The molecule has 1 aromatic carbocycles. The lowest BCUT2D eigenvalue weighted by Gasteiger charge is -2.16. The first-order valence-corrected chi connectivity index (χ1v) is 11.2. The largest absolute Gasteiger partial charge is 0.376 e. The average Bonchev–Trinajstić information content (AvgIpc) is 3.51. The van der Waals surface area contributed by atoms with Crippen molar-refractivity contribution in [1.82, 2.24) is 19.7 Å². The number of carbonyl (C=O) groups excluding carboxylic acids is 1. The van der Waals surface area contributed by atoms with Gasteiger partial charge in [0.2, 0.25) is 11.1 Å². The van der Waals surface area contributed by atoms with Crippen LogP contribution in [0, 0.1) is 25.2 Å². The molecule has 0 radical (unpaired) electrons. The van der Waals surface area contributed by atoms with E-state index in [1.807, 2.05) is 48.7 Å². The van der Waals surface area contributed by atoms with E-state index in [1.54, 1.807) is 0 Å². The fraction of sp³-hybridized carbons (Fsp3) is 0.364. The van der Waals surface area contributed by atoms with Crippen molar-refractivity contribution in [2.24, 2.45) is 0 Å². The van der Waals surface area contributed by atoms with E-state index in [1.165, 1.54) is 11.8 Å². The fourth-order valence-corrected chi connectivity index (χ4v) is 4.28. The minimum atomic E-state index is -0.210. The van der Waals surface area contributed by atoms with Gasteiger partial charge in [-0.25, -0.2) is 4.98 Å². The lowest BCUT2D eigenvalue weighted by atomic mass is 10.2. The topological polar surface area (TPSA) is 109 Å². The summed E-state index contributed by atoms with van der Waals surface area (Å²) in [6.07, 6.45) is 2.12. The van der Waals surface area contributed by atoms with Gasteiger partial charge in [-0.3, -0.25) is 9.89 Å². The molecule has 1 saturated heterocycles. The Bertz CT molecular complexity index is 1110. The smallest absolute Gasteiger partial charge is 0.235 e. The van der Waals surface area contributed by atoms with E-state index in [0.717, 1.165) is 36.3 Å². The number of benzene rings is 1. The van der Waals surface area contributed by atoms with Crippen molar-refractivity contribution in [3.63, 3.8) is 0 Å². The molecule has 1 atom stereocenters. The molecule has 0 aliphatic carbocycles. The second-order valence-electron chi connectivity index (χ2n) is 7.46. The molecule has 3 heterocycles. The summed E-state index contributed by atoms with van der Waals surface area (Å²) in [6, 6.07) is 11.9. The van der Waals surface area contributed by atoms with Crippen LogP contribution in [0.2, 0.25) is 0 Å². The standard InChI is InChI=1S/C22H24N6O2S/c1-14-15(2)28(12-17-9-6-10-30-17)21(18(14)11-23)24-19(29)13-31-22-25-20(26-27-22)16-7-4-3-5-8-16/h3-5,7-8,17H,6,9-10,12-13H2,1-2H3,(H,24,29)(H,25,26,27)/t17-/m1/s1. The normalized spacial score (nSPS) is 15.7. The van der Waals surface area contributed by atoms with Gasteiger partial charge in [0.1, 0.15) is 11.9 Å². The number of carbonyl (C=O) groups is 1. The van der Waals surface area contributed by atoms with Crippen LogP contribution in [0.15, 0.2) is 35.5 Å². The number of nitrogens with one attached hydrogen (secondary N) is 2. The number of amides is 1. The van der Waals surface area contributed by atoms with Crippen LogP contribution in [0.5, 0.6) is 0 Å². The Kier molecular flexibility index (Phi) is 6.39. The molecule has 160 valence electrons. The number of aromatic nitrogens is 4. The third-order valence-corrected chi connectivity index (χ3v) is 6.30. The van der Waals surface area contributed by atoms with Crippen LogP contribution >= 0.6 is 11.8 Å². The molecule has 2 aromatic heterocycles. The molecule has 0 unspecified atom stereocenters. The number of H-pyrrole nitrogens is 1. The van der Waals surface area contributed by atoms with Gasteiger partial charge >= 0.3 is 0 Å². The van der Waals surface area contributed by atoms with E-state index in [-0.39, 0.29) is 17.8 Å². The van der Waals surface area contributed by atoms with Crippen LogP contribution in [0.3, 0.4) is 0 Å². The van der Waals surface area contributed by atoms with Gasteiger partial charge in [0.25, 0.3) is 0 Å². The number of rotatable bonds is 7. The first-order chi connectivity index (χ1) is 15.1. The van der Waals surface area contributed by atoms with Crippen molar-refractivity contribution in [2.45, 2.75) is 44.5 Å². The van der Waals surface area contributed by atoms with Crippen molar-refractivity contribution in [3.8, 4) is 17.5 Å². The molecule has 1 aliphatic heterocycles. The van der Waals surface area contributed by atoms with Gasteiger partial charge in [0.15, 0.2) is 5.82 Å². The number of nitriles is 1. The summed E-state index contributed by atoms with van der Waals surface area (Å²) in [4.78, 5) is 17.1. The summed E-state index contributed by atoms with van der Waals surface area (Å²) >= 11 is 1.24. The zero-order valence-electron chi connectivity index (χ0n) is 17.5. The number of aromatic amines is 1. The van der Waals surface area contributed by atoms with Gasteiger partial charge in [-0.15, -0.1) is 5.10 Å². The summed E-state index contributed by atoms with van der Waals surface area (Å²) in [5.41, 5.74) is 3.28. The molecule has 4 rings (SSSR count). The summed E-state index contributed by atoms with van der Waals surface area (Å²) in [7, 11) is 0. The zero-order chi connectivity index (χ0) is 21.8. The van der Waals surface area contributed by atoms with Gasteiger partial charge in [-0.2, -0.15) is 5.26 Å². The molecule has 0 spiro atoms. The predicted octanol–water partition coefficient (Wildman–Crippen LogP) is 3.67. The van der Waals surface area contributed by atoms with Gasteiger partial charge in [-0.05, 0) is 32.3 Å². The maximum absolute atomic E-state index is 12.7. The summed E-state index contributed by atoms with van der Waals surface area (Å²) in [5.74, 6) is 1.13. The van der Waals surface area contributed by atoms with Gasteiger partial charge in [-0.1, -0.05) is 42.1 Å². The zero-order valence-corrected chi connectivity index (χ0v) is 18.3. The number of hydrogen-bond acceptors (Lipinski definition) is 6. The van der Waals surface area contributed by atoms with Crippen LogP contribution in [-0.4, -0.2) is 44.1 Å². The van der Waals surface area contributed by atoms with Crippen LogP contribution < -0.4 is 5.32 Å². The number of thioether (sulfide) groups is 1. The quantitative estimate of drug-likeness (QED) is 0.547. The highest BCUT2D eigenvalue weighted by molar-refractivity contribution is 7.99. The predicted molar refractivity (Wildman–Crippen MR) is 119 cm³/mol. The van der Waals surface area contributed by atoms with E-state index in [0.29, 0.717) is 28.9 Å². The molecule has 1 aliphatic rings. The first kappa shape index (κ1) is 21.2. The average molecular weight is 437 g/mol.